The van der Waals surface area contributed by atoms with E-state index < -0.39 is 0 Å². The summed E-state index contributed by atoms with van der Waals surface area (Å²) >= 11 is 6.53. The van der Waals surface area contributed by atoms with E-state index >= 15 is 0 Å². The Morgan fingerprint density at radius 1 is 1.21 bits per heavy atom. The van der Waals surface area contributed by atoms with E-state index in [9.17, 15) is 4.79 Å². The van der Waals surface area contributed by atoms with Crippen LogP contribution >= 0.6 is 23.6 Å². The Morgan fingerprint density at radius 3 is 2.58 bits per heavy atom. The Labute approximate surface area is 121 Å². The zero-order valence-electron chi connectivity index (χ0n) is 10.4. The molecule has 0 aliphatic heterocycles. The molecule has 1 aromatic carbocycles. The van der Waals surface area contributed by atoms with Crippen molar-refractivity contribution < 1.29 is 4.79 Å². The van der Waals surface area contributed by atoms with E-state index in [1.165, 1.54) is 11.3 Å². The van der Waals surface area contributed by atoms with Crippen LogP contribution in [-0.4, -0.2) is 11.0 Å². The highest BCUT2D eigenvalue weighted by molar-refractivity contribution is 7.80. The summed E-state index contributed by atoms with van der Waals surface area (Å²) in [7, 11) is 0. The highest BCUT2D eigenvalue weighted by Crippen LogP contribution is 2.11. The summed E-state index contributed by atoms with van der Waals surface area (Å²) in [6.45, 7) is 2.00. The summed E-state index contributed by atoms with van der Waals surface area (Å²) in [6, 6.07) is 13.6. The zero-order valence-corrected chi connectivity index (χ0v) is 12.1. The Morgan fingerprint density at radius 2 is 1.95 bits per heavy atom. The quantitative estimate of drug-likeness (QED) is 0.853. The Hall–Kier alpha value is -1.72. The van der Waals surface area contributed by atoms with Crippen molar-refractivity contribution in [3.05, 3.63) is 58.3 Å². The van der Waals surface area contributed by atoms with E-state index in [-0.39, 0.29) is 11.9 Å². The van der Waals surface area contributed by atoms with Gasteiger partial charge in [-0.1, -0.05) is 36.4 Å². The number of benzene rings is 1. The van der Waals surface area contributed by atoms with Gasteiger partial charge in [0.05, 0.1) is 10.9 Å². The average molecular weight is 290 g/mol. The summed E-state index contributed by atoms with van der Waals surface area (Å²) in [6.07, 6.45) is 0. The van der Waals surface area contributed by atoms with Crippen LogP contribution in [0.5, 0.6) is 0 Å². The zero-order chi connectivity index (χ0) is 13.7. The van der Waals surface area contributed by atoms with E-state index in [0.29, 0.717) is 9.99 Å². The molecule has 5 heteroatoms. The fourth-order valence-electron chi connectivity index (χ4n) is 1.63. The first-order valence-electron chi connectivity index (χ1n) is 5.87. The van der Waals surface area contributed by atoms with E-state index in [1.54, 1.807) is 6.07 Å². The van der Waals surface area contributed by atoms with Crippen molar-refractivity contribution >= 4 is 34.6 Å². The molecule has 1 amide bonds. The molecular formula is C14H14N2OS2. The maximum atomic E-state index is 11.8. The molecule has 1 aromatic heterocycles. The van der Waals surface area contributed by atoms with Crippen LogP contribution in [0.25, 0.3) is 0 Å². The van der Waals surface area contributed by atoms with Gasteiger partial charge < -0.3 is 5.32 Å². The molecule has 2 N–H and O–H groups in total. The summed E-state index contributed by atoms with van der Waals surface area (Å²) in [5, 5.41) is 7.97. The molecule has 0 bridgehead atoms. The van der Waals surface area contributed by atoms with Crippen LogP contribution in [0.1, 0.15) is 28.2 Å². The van der Waals surface area contributed by atoms with Gasteiger partial charge in [0.1, 0.15) is 0 Å². The van der Waals surface area contributed by atoms with Gasteiger partial charge in [0.25, 0.3) is 5.91 Å². The van der Waals surface area contributed by atoms with Gasteiger partial charge in [-0.05, 0) is 36.2 Å². The van der Waals surface area contributed by atoms with Gasteiger partial charge in [-0.3, -0.25) is 10.1 Å². The van der Waals surface area contributed by atoms with Crippen LogP contribution in [0.4, 0.5) is 0 Å². The second-order valence-corrected chi connectivity index (χ2v) is 5.39. The first-order valence-corrected chi connectivity index (χ1v) is 7.16. The second kappa shape index (κ2) is 6.45. The first-order chi connectivity index (χ1) is 9.16. The fraction of sp³-hybridized carbons (Fsp3) is 0.143. The predicted octanol–water partition coefficient (Wildman–Crippen LogP) is 3.11. The fourth-order valence-corrected chi connectivity index (χ4v) is 2.52. The maximum absolute atomic E-state index is 11.8. The molecule has 98 valence electrons. The molecule has 0 unspecified atom stereocenters. The molecule has 0 spiro atoms. The minimum Gasteiger partial charge on any atom is -0.356 e. The molecule has 1 heterocycles. The molecule has 0 aliphatic carbocycles. The Balaban J connectivity index is 1.90. The Bertz CT molecular complexity index is 552. The highest BCUT2D eigenvalue weighted by Gasteiger charge is 2.11. The van der Waals surface area contributed by atoms with Crippen molar-refractivity contribution in [1.82, 2.24) is 10.6 Å². The van der Waals surface area contributed by atoms with Crippen LogP contribution in [-0.2, 0) is 0 Å². The summed E-state index contributed by atoms with van der Waals surface area (Å²) in [5.41, 5.74) is 1.12. The number of carbonyl (C=O) groups is 1. The summed E-state index contributed by atoms with van der Waals surface area (Å²) in [5.74, 6) is -0.173. The summed E-state index contributed by atoms with van der Waals surface area (Å²) < 4.78 is 0. The number of carbonyl (C=O) groups excluding carboxylic acids is 1. The third-order valence-electron chi connectivity index (χ3n) is 2.62. The molecule has 2 aromatic rings. The van der Waals surface area contributed by atoms with Crippen LogP contribution in [0.15, 0.2) is 47.8 Å². The number of amides is 1. The van der Waals surface area contributed by atoms with Crippen molar-refractivity contribution in [1.29, 1.82) is 0 Å². The van der Waals surface area contributed by atoms with Gasteiger partial charge in [0.15, 0.2) is 5.11 Å². The van der Waals surface area contributed by atoms with Gasteiger partial charge in [-0.25, -0.2) is 0 Å². The third-order valence-corrected chi connectivity index (χ3v) is 3.71. The van der Waals surface area contributed by atoms with E-state index in [0.717, 1.165) is 5.56 Å². The molecule has 1 atom stereocenters. The number of thiophene rings is 1. The van der Waals surface area contributed by atoms with E-state index in [2.05, 4.69) is 10.6 Å². The maximum Gasteiger partial charge on any atom is 0.267 e. The lowest BCUT2D eigenvalue weighted by molar-refractivity contribution is 0.0980. The van der Waals surface area contributed by atoms with Crippen LogP contribution in [0, 0.1) is 0 Å². The molecule has 0 aliphatic rings. The lowest BCUT2D eigenvalue weighted by atomic mass is 10.1. The average Bonchev–Trinajstić information content (AvgIpc) is 2.93. The summed E-state index contributed by atoms with van der Waals surface area (Å²) in [4.78, 5) is 12.5. The van der Waals surface area contributed by atoms with Gasteiger partial charge >= 0.3 is 0 Å². The van der Waals surface area contributed by atoms with Gasteiger partial charge in [-0.2, -0.15) is 0 Å². The topological polar surface area (TPSA) is 41.1 Å². The van der Waals surface area contributed by atoms with Gasteiger partial charge in [0, 0.05) is 0 Å². The van der Waals surface area contributed by atoms with Crippen molar-refractivity contribution in [2.45, 2.75) is 13.0 Å². The van der Waals surface area contributed by atoms with Crippen LogP contribution in [0.3, 0.4) is 0 Å². The molecule has 0 fully saturated rings. The molecule has 0 saturated carbocycles. The number of nitrogens with one attached hydrogen (secondary N) is 2. The van der Waals surface area contributed by atoms with Gasteiger partial charge in [0.2, 0.25) is 0 Å². The Kier molecular flexibility index (Phi) is 4.65. The lowest BCUT2D eigenvalue weighted by Crippen LogP contribution is -2.40. The highest BCUT2D eigenvalue weighted by atomic mass is 32.1. The molecular weight excluding hydrogens is 276 g/mol. The minimum absolute atomic E-state index is 0.0531. The van der Waals surface area contributed by atoms with Crippen molar-refractivity contribution in [3.8, 4) is 0 Å². The number of hydrogen-bond donors (Lipinski definition) is 2. The molecule has 19 heavy (non-hydrogen) atoms. The number of rotatable bonds is 3. The molecule has 0 saturated heterocycles. The molecule has 2 rings (SSSR count). The smallest absolute Gasteiger partial charge is 0.267 e. The molecule has 3 nitrogen and oxygen atoms in total. The monoisotopic (exact) mass is 290 g/mol. The predicted molar refractivity (Wildman–Crippen MR) is 82.4 cm³/mol. The van der Waals surface area contributed by atoms with Crippen LogP contribution in [0.2, 0.25) is 0 Å². The molecule has 0 radical (unpaired) electrons. The number of thiocarbonyl (C=S) groups is 1. The lowest BCUT2D eigenvalue weighted by Gasteiger charge is -2.16. The van der Waals surface area contributed by atoms with Gasteiger partial charge in [-0.15, -0.1) is 11.3 Å². The second-order valence-electron chi connectivity index (χ2n) is 4.04. The van der Waals surface area contributed by atoms with Crippen molar-refractivity contribution in [3.63, 3.8) is 0 Å². The van der Waals surface area contributed by atoms with E-state index in [1.807, 2.05) is 48.7 Å². The standard InChI is InChI=1S/C14H14N2OS2/c1-10(11-6-3-2-4-7-11)15-14(18)16-13(17)12-8-5-9-19-12/h2-10H,1H3,(H2,15,16,17,18)/t10-/m1/s1. The number of hydrogen-bond acceptors (Lipinski definition) is 3. The van der Waals surface area contributed by atoms with Crippen LogP contribution < -0.4 is 10.6 Å². The SMILES string of the molecule is C[C@@H](NC(=S)NC(=O)c1cccs1)c1ccccc1. The normalized spacial score (nSPS) is 11.6. The largest absolute Gasteiger partial charge is 0.356 e. The van der Waals surface area contributed by atoms with Crippen molar-refractivity contribution in [2.24, 2.45) is 0 Å². The first kappa shape index (κ1) is 13.7. The third kappa shape index (κ3) is 3.87. The minimum atomic E-state index is -0.173. The van der Waals surface area contributed by atoms with Crippen molar-refractivity contribution in [2.75, 3.05) is 0 Å². The van der Waals surface area contributed by atoms with E-state index in [4.69, 9.17) is 12.2 Å².